The molecule has 1 N–H and O–H groups in total. The Bertz CT molecular complexity index is 891. The van der Waals surface area contributed by atoms with E-state index in [2.05, 4.69) is 5.32 Å². The minimum Gasteiger partial charge on any atom is -0.352 e. The van der Waals surface area contributed by atoms with Gasteiger partial charge < -0.3 is 10.2 Å². The number of amides is 2. The first kappa shape index (κ1) is 18.9. The highest BCUT2D eigenvalue weighted by Gasteiger charge is 2.19. The van der Waals surface area contributed by atoms with E-state index >= 15 is 0 Å². The first-order valence-corrected chi connectivity index (χ1v) is 9.04. The van der Waals surface area contributed by atoms with Crippen LogP contribution in [0.2, 0.25) is 5.02 Å². The van der Waals surface area contributed by atoms with Crippen LogP contribution in [0.15, 0.2) is 48.5 Å². The van der Waals surface area contributed by atoms with Crippen LogP contribution in [0.4, 0.5) is 5.69 Å². The van der Waals surface area contributed by atoms with Gasteiger partial charge in [0.25, 0.3) is 0 Å². The summed E-state index contributed by atoms with van der Waals surface area (Å²) in [6.07, 6.45) is 4.89. The maximum Gasteiger partial charge on any atom is 0.244 e. The van der Waals surface area contributed by atoms with Crippen LogP contribution in [0, 0.1) is 0 Å². The van der Waals surface area contributed by atoms with Gasteiger partial charge in [0.1, 0.15) is 0 Å². The van der Waals surface area contributed by atoms with Gasteiger partial charge in [-0.1, -0.05) is 23.7 Å². The number of nitrogens with zero attached hydrogens (tertiary/aromatic N) is 1. The molecule has 1 aliphatic rings. The van der Waals surface area contributed by atoms with E-state index in [4.69, 9.17) is 11.6 Å². The third-order valence-electron chi connectivity index (χ3n) is 4.41. The van der Waals surface area contributed by atoms with E-state index < -0.39 is 0 Å². The number of carbonyl (C=O) groups excluding carboxylic acids is 3. The molecule has 0 fully saturated rings. The summed E-state index contributed by atoms with van der Waals surface area (Å²) in [6.45, 7) is 0.909. The minimum absolute atomic E-state index is 0.0377. The van der Waals surface area contributed by atoms with E-state index in [0.717, 1.165) is 29.6 Å². The Morgan fingerprint density at radius 1 is 1.15 bits per heavy atom. The molecule has 0 saturated carbocycles. The van der Waals surface area contributed by atoms with Crippen LogP contribution in [0.25, 0.3) is 6.08 Å². The van der Waals surface area contributed by atoms with E-state index in [-0.39, 0.29) is 24.7 Å². The molecule has 5 nitrogen and oxygen atoms in total. The lowest BCUT2D eigenvalue weighted by atomic mass is 10.0. The molecule has 27 heavy (non-hydrogen) atoms. The first-order chi connectivity index (χ1) is 13.1. The lowest BCUT2D eigenvalue weighted by molar-refractivity contribution is -0.116. The van der Waals surface area contributed by atoms with Crippen molar-refractivity contribution in [3.8, 4) is 0 Å². The zero-order valence-corrected chi connectivity index (χ0v) is 15.4. The van der Waals surface area contributed by atoms with Crippen LogP contribution < -0.4 is 10.2 Å². The van der Waals surface area contributed by atoms with Crippen molar-refractivity contribution >= 4 is 41.5 Å². The second kappa shape index (κ2) is 8.64. The summed E-state index contributed by atoms with van der Waals surface area (Å²) in [5, 5.41) is 3.35. The van der Waals surface area contributed by atoms with Gasteiger partial charge in [-0.05, 0) is 54.0 Å². The fourth-order valence-corrected chi connectivity index (χ4v) is 3.08. The van der Waals surface area contributed by atoms with Crippen molar-refractivity contribution in [3.05, 3.63) is 70.3 Å². The third-order valence-corrected chi connectivity index (χ3v) is 4.66. The number of hydrogen-bond acceptors (Lipinski definition) is 3. The van der Waals surface area contributed by atoms with Gasteiger partial charge in [0.05, 0.1) is 0 Å². The molecule has 0 atom stereocenters. The summed E-state index contributed by atoms with van der Waals surface area (Å²) in [7, 11) is 0. The van der Waals surface area contributed by atoms with Crippen LogP contribution in [-0.4, -0.2) is 31.2 Å². The largest absolute Gasteiger partial charge is 0.352 e. The number of anilines is 1. The molecular formula is C21H19ClN2O3. The number of Topliss-reactive ketones (excluding diaryl/α,β-unsaturated/α-hetero) is 1. The molecule has 2 aromatic carbocycles. The molecule has 2 aromatic rings. The maximum absolute atomic E-state index is 12.3. The summed E-state index contributed by atoms with van der Waals surface area (Å²) in [5.74, 6) is -0.294. The standard InChI is InChI=1S/C21H19ClN2O3/c22-18-5-1-15(2-6-18)3-8-21(27)23-11-9-20(26)17-4-7-19-16(13-17)10-12-24(19)14-25/h1-8,13-14H,9-12H2,(H,23,27)/b8-3+. The second-order valence-corrected chi connectivity index (χ2v) is 6.68. The number of halogens is 1. The molecule has 2 amide bonds. The average molecular weight is 383 g/mol. The van der Waals surface area contributed by atoms with Crippen molar-refractivity contribution in [2.75, 3.05) is 18.0 Å². The van der Waals surface area contributed by atoms with Crippen molar-refractivity contribution in [2.45, 2.75) is 12.8 Å². The summed E-state index contributed by atoms with van der Waals surface area (Å²) < 4.78 is 0. The molecule has 0 bridgehead atoms. The van der Waals surface area contributed by atoms with Gasteiger partial charge in [-0.15, -0.1) is 0 Å². The van der Waals surface area contributed by atoms with Crippen molar-refractivity contribution < 1.29 is 14.4 Å². The van der Waals surface area contributed by atoms with E-state index in [1.54, 1.807) is 35.2 Å². The monoisotopic (exact) mass is 382 g/mol. The number of carbonyl (C=O) groups is 3. The summed E-state index contributed by atoms with van der Waals surface area (Å²) in [5.41, 5.74) is 3.34. The lowest BCUT2D eigenvalue weighted by Gasteiger charge is -2.10. The van der Waals surface area contributed by atoms with E-state index in [9.17, 15) is 14.4 Å². The van der Waals surface area contributed by atoms with Crippen molar-refractivity contribution in [1.82, 2.24) is 5.32 Å². The zero-order valence-electron chi connectivity index (χ0n) is 14.7. The first-order valence-electron chi connectivity index (χ1n) is 8.66. The van der Waals surface area contributed by atoms with Gasteiger partial charge >= 0.3 is 0 Å². The van der Waals surface area contributed by atoms with E-state index in [1.807, 2.05) is 18.2 Å². The Kier molecular flexibility index (Phi) is 6.04. The minimum atomic E-state index is -0.256. The van der Waals surface area contributed by atoms with Gasteiger partial charge in [0.15, 0.2) is 5.78 Å². The van der Waals surface area contributed by atoms with Crippen LogP contribution in [0.3, 0.4) is 0 Å². The molecule has 6 heteroatoms. The molecule has 0 spiro atoms. The maximum atomic E-state index is 12.3. The van der Waals surface area contributed by atoms with Gasteiger partial charge in [-0.25, -0.2) is 0 Å². The van der Waals surface area contributed by atoms with Crippen LogP contribution in [-0.2, 0) is 16.0 Å². The van der Waals surface area contributed by atoms with Gasteiger partial charge in [-0.3, -0.25) is 14.4 Å². The summed E-state index contributed by atoms with van der Waals surface area (Å²) in [6, 6.07) is 12.5. The Morgan fingerprint density at radius 2 is 1.93 bits per heavy atom. The Balaban J connectivity index is 1.49. The molecule has 0 aromatic heterocycles. The molecule has 1 heterocycles. The molecule has 0 unspecified atom stereocenters. The summed E-state index contributed by atoms with van der Waals surface area (Å²) in [4.78, 5) is 36.8. The van der Waals surface area contributed by atoms with E-state index in [0.29, 0.717) is 17.1 Å². The number of rotatable bonds is 7. The predicted octanol–water partition coefficient (Wildman–Crippen LogP) is 3.26. The van der Waals surface area contributed by atoms with Crippen LogP contribution in [0.5, 0.6) is 0 Å². The zero-order chi connectivity index (χ0) is 19.2. The predicted molar refractivity (Wildman–Crippen MR) is 106 cm³/mol. The Labute approximate surface area is 162 Å². The molecule has 138 valence electrons. The van der Waals surface area contributed by atoms with Gasteiger partial charge in [0, 0.05) is 41.9 Å². The summed E-state index contributed by atoms with van der Waals surface area (Å²) >= 11 is 5.82. The molecule has 3 rings (SSSR count). The average Bonchev–Trinajstić information content (AvgIpc) is 3.09. The SMILES string of the molecule is O=CN1CCc2cc(C(=O)CCNC(=O)/C=C/c3ccc(Cl)cc3)ccc21. The normalized spacial score (nSPS) is 12.9. The lowest BCUT2D eigenvalue weighted by Crippen LogP contribution is -2.24. The number of hydrogen-bond donors (Lipinski definition) is 1. The Hall–Kier alpha value is -2.92. The quantitative estimate of drug-likeness (QED) is 0.454. The fraction of sp³-hybridized carbons (Fsp3) is 0.190. The van der Waals surface area contributed by atoms with Gasteiger partial charge in [-0.2, -0.15) is 0 Å². The Morgan fingerprint density at radius 3 is 2.67 bits per heavy atom. The number of benzene rings is 2. The fourth-order valence-electron chi connectivity index (χ4n) is 2.96. The van der Waals surface area contributed by atoms with Crippen LogP contribution >= 0.6 is 11.6 Å². The van der Waals surface area contributed by atoms with Crippen molar-refractivity contribution in [3.63, 3.8) is 0 Å². The highest BCUT2D eigenvalue weighted by molar-refractivity contribution is 6.30. The molecule has 0 aliphatic carbocycles. The van der Waals surface area contributed by atoms with Crippen molar-refractivity contribution in [2.24, 2.45) is 0 Å². The van der Waals surface area contributed by atoms with E-state index in [1.165, 1.54) is 6.08 Å². The topological polar surface area (TPSA) is 66.5 Å². The molecule has 0 radical (unpaired) electrons. The molecule has 1 aliphatic heterocycles. The van der Waals surface area contributed by atoms with Crippen molar-refractivity contribution in [1.29, 1.82) is 0 Å². The van der Waals surface area contributed by atoms with Gasteiger partial charge in [0.2, 0.25) is 12.3 Å². The highest BCUT2D eigenvalue weighted by Crippen LogP contribution is 2.27. The third kappa shape index (κ3) is 4.83. The smallest absolute Gasteiger partial charge is 0.244 e. The number of nitrogens with one attached hydrogen (secondary N) is 1. The number of fused-ring (bicyclic) bond motifs is 1. The van der Waals surface area contributed by atoms with Crippen LogP contribution in [0.1, 0.15) is 27.9 Å². The molecular weight excluding hydrogens is 364 g/mol. The highest BCUT2D eigenvalue weighted by atomic mass is 35.5. The second-order valence-electron chi connectivity index (χ2n) is 6.24. The number of ketones is 1. The molecule has 0 saturated heterocycles.